The molecule has 3 unspecified atom stereocenters. The first-order chi connectivity index (χ1) is 39.5. The van der Waals surface area contributed by atoms with Crippen molar-refractivity contribution in [2.75, 3.05) is 40.9 Å². The Bertz CT molecular complexity index is 1460. The van der Waals surface area contributed by atoms with E-state index < -0.39 is 20.0 Å². The fourth-order valence-corrected chi connectivity index (χ4v) is 11.5. The Morgan fingerprint density at radius 3 is 1.06 bits per heavy atom. The predicted octanol–water partition coefficient (Wildman–Crippen LogP) is 22.6. The number of hydrogen-bond acceptors (Lipinski definition) is 5. The van der Waals surface area contributed by atoms with Gasteiger partial charge in [-0.25, -0.2) is 4.57 Å². The monoisotopic (exact) mass is 1160 g/mol. The molecule has 81 heavy (non-hydrogen) atoms. The molecule has 0 aliphatic carbocycles. The van der Waals surface area contributed by atoms with Gasteiger partial charge in [0.05, 0.1) is 39.9 Å². The summed E-state index contributed by atoms with van der Waals surface area (Å²) in [4.78, 5) is 23.4. The molecular weight excluding hydrogens is 1020 g/mol. The number of aliphatic hydroxyl groups excluding tert-OH is 1. The summed E-state index contributed by atoms with van der Waals surface area (Å²) in [5, 5.41) is 14.0. The molecule has 9 heteroatoms. The first kappa shape index (κ1) is 79.5. The van der Waals surface area contributed by atoms with E-state index in [1.54, 1.807) is 6.08 Å². The zero-order valence-electron chi connectivity index (χ0n) is 54.8. The van der Waals surface area contributed by atoms with Crippen LogP contribution in [0, 0.1) is 0 Å². The van der Waals surface area contributed by atoms with Gasteiger partial charge in [0.15, 0.2) is 0 Å². The lowest BCUT2D eigenvalue weighted by Crippen LogP contribution is -2.45. The second-order valence-corrected chi connectivity index (χ2v) is 27.1. The lowest BCUT2D eigenvalue weighted by atomic mass is 10.0. The number of carbonyl (C=O) groups is 1. The van der Waals surface area contributed by atoms with E-state index in [4.69, 9.17) is 9.05 Å². The first-order valence-electron chi connectivity index (χ1n) is 35.5. The molecular formula is C72H140N2O6P+. The Kier molecular flexibility index (Phi) is 61.8. The number of amides is 1. The van der Waals surface area contributed by atoms with Gasteiger partial charge in [0.2, 0.25) is 5.91 Å². The highest BCUT2D eigenvalue weighted by Gasteiger charge is 2.28. The molecule has 3 atom stereocenters. The van der Waals surface area contributed by atoms with Gasteiger partial charge in [0.25, 0.3) is 0 Å². The molecule has 478 valence electrons. The highest BCUT2D eigenvalue weighted by Crippen LogP contribution is 2.43. The number of phosphoric ester groups is 1. The summed E-state index contributed by atoms with van der Waals surface area (Å²) in [6.45, 7) is 4.84. The van der Waals surface area contributed by atoms with Crippen LogP contribution in [-0.2, 0) is 18.4 Å². The summed E-state index contributed by atoms with van der Waals surface area (Å²) in [5.74, 6) is -0.180. The number of nitrogens with zero attached hydrogens (tertiary/aromatic N) is 1. The van der Waals surface area contributed by atoms with Crippen LogP contribution in [0.1, 0.15) is 354 Å². The van der Waals surface area contributed by atoms with Gasteiger partial charge in [-0.1, -0.05) is 332 Å². The van der Waals surface area contributed by atoms with Crippen molar-refractivity contribution in [3.63, 3.8) is 0 Å². The van der Waals surface area contributed by atoms with E-state index in [0.717, 1.165) is 44.9 Å². The molecule has 0 aliphatic heterocycles. The quantitative estimate of drug-likeness (QED) is 0.0243. The van der Waals surface area contributed by atoms with Crippen LogP contribution >= 0.6 is 7.82 Å². The Balaban J connectivity index is 4.03. The molecule has 0 fully saturated rings. The molecule has 0 aliphatic rings. The molecule has 0 bridgehead atoms. The molecule has 0 spiro atoms. The average molecular weight is 1160 g/mol. The number of aliphatic hydroxyl groups is 1. The van der Waals surface area contributed by atoms with E-state index in [1.807, 2.05) is 27.2 Å². The van der Waals surface area contributed by atoms with Gasteiger partial charge >= 0.3 is 7.82 Å². The smallest absolute Gasteiger partial charge is 0.387 e. The number of likely N-dealkylation sites (N-methyl/N-ethyl adjacent to an activating group) is 1. The van der Waals surface area contributed by atoms with Crippen molar-refractivity contribution in [2.24, 2.45) is 0 Å². The van der Waals surface area contributed by atoms with Gasteiger partial charge in [0, 0.05) is 6.42 Å². The number of carbonyl (C=O) groups excluding carboxylic acids is 1. The van der Waals surface area contributed by atoms with Crippen LogP contribution in [0.15, 0.2) is 48.6 Å². The van der Waals surface area contributed by atoms with Gasteiger partial charge in [-0.3, -0.25) is 13.8 Å². The number of phosphoric acid groups is 1. The Morgan fingerprint density at radius 2 is 0.716 bits per heavy atom. The predicted molar refractivity (Wildman–Crippen MR) is 355 cm³/mol. The van der Waals surface area contributed by atoms with E-state index in [0.29, 0.717) is 17.4 Å². The van der Waals surface area contributed by atoms with Crippen LogP contribution in [0.2, 0.25) is 0 Å². The van der Waals surface area contributed by atoms with Gasteiger partial charge < -0.3 is 19.8 Å². The zero-order valence-corrected chi connectivity index (χ0v) is 55.7. The zero-order chi connectivity index (χ0) is 59.1. The minimum absolute atomic E-state index is 0.0575. The number of hydrogen-bond donors (Lipinski definition) is 3. The highest BCUT2D eigenvalue weighted by atomic mass is 31.2. The van der Waals surface area contributed by atoms with E-state index in [-0.39, 0.29) is 19.1 Å². The average Bonchev–Trinajstić information content (AvgIpc) is 3.43. The van der Waals surface area contributed by atoms with Crippen LogP contribution in [-0.4, -0.2) is 73.4 Å². The molecule has 0 aromatic heterocycles. The van der Waals surface area contributed by atoms with E-state index in [9.17, 15) is 19.4 Å². The highest BCUT2D eigenvalue weighted by molar-refractivity contribution is 7.47. The molecule has 0 aromatic carbocycles. The molecule has 0 saturated heterocycles. The number of allylic oxidation sites excluding steroid dienone is 7. The Labute approximate surface area is 505 Å². The molecule has 0 radical (unpaired) electrons. The maximum absolute atomic E-state index is 13.0. The second kappa shape index (κ2) is 63.0. The summed E-state index contributed by atoms with van der Waals surface area (Å²) >= 11 is 0. The SMILES string of the molecule is CCCCCCC/C=C\C/C=C\CCCCCCCCCCCCCCCCCCCCCCCCCC(=O)NC(COP(=O)(O)OCC[N+](C)(C)C)C(O)/C=C/CC/C=C/CCCCCCCCCCCCCCCCCCCC. The molecule has 3 N–H and O–H groups in total. The van der Waals surface area contributed by atoms with Crippen molar-refractivity contribution in [2.45, 2.75) is 366 Å². The van der Waals surface area contributed by atoms with Crippen molar-refractivity contribution in [1.29, 1.82) is 0 Å². The maximum atomic E-state index is 13.0. The largest absolute Gasteiger partial charge is 0.472 e. The minimum atomic E-state index is -4.36. The summed E-state index contributed by atoms with van der Waals surface area (Å²) in [6, 6.07) is -0.864. The second-order valence-electron chi connectivity index (χ2n) is 25.6. The summed E-state index contributed by atoms with van der Waals surface area (Å²) in [7, 11) is 1.57. The normalized spacial score (nSPS) is 13.9. The topological polar surface area (TPSA) is 105 Å². The third-order valence-corrected chi connectivity index (χ3v) is 17.3. The molecule has 8 nitrogen and oxygen atoms in total. The van der Waals surface area contributed by atoms with Gasteiger partial charge in [-0.15, -0.1) is 0 Å². The van der Waals surface area contributed by atoms with Gasteiger partial charge in [-0.2, -0.15) is 0 Å². The third-order valence-electron chi connectivity index (χ3n) is 16.3. The van der Waals surface area contributed by atoms with Crippen LogP contribution in [0.25, 0.3) is 0 Å². The number of nitrogens with one attached hydrogen (secondary N) is 1. The lowest BCUT2D eigenvalue weighted by Gasteiger charge is -2.25. The number of rotatable bonds is 66. The molecule has 0 heterocycles. The van der Waals surface area contributed by atoms with Crippen molar-refractivity contribution in [1.82, 2.24) is 5.32 Å². The maximum Gasteiger partial charge on any atom is 0.472 e. The van der Waals surface area contributed by atoms with Crippen molar-refractivity contribution in [3.05, 3.63) is 48.6 Å². The summed E-state index contributed by atoms with van der Waals surface area (Å²) in [5.41, 5.74) is 0. The standard InChI is InChI=1S/C72H139N2O6P/c1-6-8-10-12-14-16-18-20-22-24-26-28-30-32-33-34-35-36-37-38-39-40-41-42-44-46-48-50-52-54-56-58-60-62-64-66-72(76)73-70(69-80-81(77,78)79-68-67-74(3,4)5)71(75)65-63-61-59-57-55-53-51-49-47-45-43-31-29-27-25-23-21-19-17-15-13-11-9-7-2/h18,20,24,26,55,57,63,65,70-71,75H,6-17,19,21-23,25,27-54,56,58-62,64,66-69H2,1-5H3,(H-,73,76,77,78)/p+1/b20-18-,26-24-,57-55+,65-63+. The van der Waals surface area contributed by atoms with E-state index in [2.05, 4.69) is 55.6 Å². The molecule has 1 amide bonds. The number of quaternary nitrogens is 1. The third kappa shape index (κ3) is 65.9. The number of unbranched alkanes of at least 4 members (excludes halogenated alkanes) is 47. The van der Waals surface area contributed by atoms with Crippen LogP contribution in [0.4, 0.5) is 0 Å². The fourth-order valence-electron chi connectivity index (χ4n) is 10.7. The molecule has 0 aromatic rings. The van der Waals surface area contributed by atoms with Gasteiger partial charge in [0.1, 0.15) is 13.2 Å². The van der Waals surface area contributed by atoms with Crippen LogP contribution in [0.5, 0.6) is 0 Å². The van der Waals surface area contributed by atoms with E-state index in [1.165, 1.54) is 289 Å². The van der Waals surface area contributed by atoms with Crippen molar-refractivity contribution >= 4 is 13.7 Å². The van der Waals surface area contributed by atoms with Crippen LogP contribution < -0.4 is 5.32 Å². The summed E-state index contributed by atoms with van der Waals surface area (Å²) in [6.07, 6.45) is 85.6. The Morgan fingerprint density at radius 1 is 0.420 bits per heavy atom. The van der Waals surface area contributed by atoms with Crippen LogP contribution in [0.3, 0.4) is 0 Å². The lowest BCUT2D eigenvalue weighted by molar-refractivity contribution is -0.870. The first-order valence-corrected chi connectivity index (χ1v) is 37.0. The van der Waals surface area contributed by atoms with Gasteiger partial charge in [-0.05, 0) is 64.2 Å². The molecule has 0 rings (SSSR count). The van der Waals surface area contributed by atoms with E-state index >= 15 is 0 Å². The fraction of sp³-hybridized carbons (Fsp3) is 0.875. The van der Waals surface area contributed by atoms with Crippen molar-refractivity contribution < 1.29 is 32.9 Å². The minimum Gasteiger partial charge on any atom is -0.387 e. The summed E-state index contributed by atoms with van der Waals surface area (Å²) < 4.78 is 23.8. The Hall–Kier alpha value is -1.54. The van der Waals surface area contributed by atoms with Crippen molar-refractivity contribution in [3.8, 4) is 0 Å². The molecule has 0 saturated carbocycles.